The maximum atomic E-state index is 12.8. The van der Waals surface area contributed by atoms with E-state index in [4.69, 9.17) is 0 Å². The number of hydrogen-bond acceptors (Lipinski definition) is 5. The molecule has 8 heteroatoms. The second-order valence-corrected chi connectivity index (χ2v) is 6.10. The summed E-state index contributed by atoms with van der Waals surface area (Å²) in [6, 6.07) is 6.11. The molecule has 0 aromatic heterocycles. The minimum atomic E-state index is -5.86. The van der Waals surface area contributed by atoms with Gasteiger partial charge in [0, 0.05) is 0 Å². The highest BCUT2D eigenvalue weighted by Crippen LogP contribution is 2.22. The van der Waals surface area contributed by atoms with Gasteiger partial charge < -0.3 is 9.29 Å². The summed E-state index contributed by atoms with van der Waals surface area (Å²) in [7, 11) is -5.86. The third-order valence-electron chi connectivity index (χ3n) is 3.06. The molecule has 1 aromatic carbocycles. The average molecular weight is 321 g/mol. The van der Waals surface area contributed by atoms with E-state index in [-0.39, 0.29) is 11.5 Å². The average Bonchev–Trinajstić information content (AvgIpc) is 2.43. The highest BCUT2D eigenvalue weighted by Gasteiger charge is 2.39. The summed E-state index contributed by atoms with van der Waals surface area (Å²) in [6.07, 6.45) is 0.900. The summed E-state index contributed by atoms with van der Waals surface area (Å²) in [5, 5.41) is -4.64. The van der Waals surface area contributed by atoms with Crippen molar-refractivity contribution in [3.05, 3.63) is 35.4 Å². The normalized spacial score (nSPS) is 13.8. The lowest BCUT2D eigenvalue weighted by Gasteiger charge is -2.19. The monoisotopic (exact) mass is 321 g/mol. The van der Waals surface area contributed by atoms with E-state index in [0.29, 0.717) is 0 Å². The van der Waals surface area contributed by atoms with Crippen molar-refractivity contribution in [2.75, 3.05) is 6.61 Å². The van der Waals surface area contributed by atoms with Gasteiger partial charge in [0.2, 0.25) is 0 Å². The van der Waals surface area contributed by atoms with Crippen LogP contribution in [0.3, 0.4) is 0 Å². The maximum Gasteiger partial charge on any atom is 0.367 e. The van der Waals surface area contributed by atoms with E-state index >= 15 is 0 Å². The largest absolute Gasteiger partial charge is 0.743 e. The molecule has 118 valence electrons. The van der Waals surface area contributed by atoms with Crippen LogP contribution in [0.2, 0.25) is 0 Å². The molecular formula is C13H15F2O5S-. The van der Waals surface area contributed by atoms with Gasteiger partial charge in [-0.3, -0.25) is 0 Å². The van der Waals surface area contributed by atoms with Gasteiger partial charge in [-0.1, -0.05) is 26.0 Å². The Labute approximate surface area is 121 Å². The number of rotatable bonds is 6. The van der Waals surface area contributed by atoms with Crippen LogP contribution in [-0.2, 0) is 14.9 Å². The molecule has 0 radical (unpaired) electrons. The molecule has 0 fully saturated rings. The van der Waals surface area contributed by atoms with Gasteiger partial charge in [0.05, 0.1) is 5.56 Å². The summed E-state index contributed by atoms with van der Waals surface area (Å²) < 4.78 is 60.6. The van der Waals surface area contributed by atoms with Crippen LogP contribution in [0.5, 0.6) is 0 Å². The van der Waals surface area contributed by atoms with Crippen LogP contribution in [0.4, 0.5) is 8.78 Å². The molecule has 5 nitrogen and oxygen atoms in total. The van der Waals surface area contributed by atoms with Crippen LogP contribution >= 0.6 is 0 Å². The second-order valence-electron chi connectivity index (χ2n) is 4.60. The van der Waals surface area contributed by atoms with E-state index in [1.807, 2.05) is 13.8 Å². The fraction of sp³-hybridized carbons (Fsp3) is 0.462. The Morgan fingerprint density at radius 2 is 1.86 bits per heavy atom. The molecule has 0 bridgehead atoms. The Morgan fingerprint density at radius 3 is 2.29 bits per heavy atom. The molecule has 0 saturated heterocycles. The molecule has 1 rings (SSSR count). The summed E-state index contributed by atoms with van der Waals surface area (Å²) in [6.45, 7) is 2.19. The smallest absolute Gasteiger partial charge is 0.367 e. The third kappa shape index (κ3) is 4.47. The Balaban J connectivity index is 2.73. The lowest BCUT2D eigenvalue weighted by atomic mass is 9.98. The predicted molar refractivity (Wildman–Crippen MR) is 70.1 cm³/mol. The van der Waals surface area contributed by atoms with Gasteiger partial charge in [-0.15, -0.1) is 0 Å². The lowest BCUT2D eigenvalue weighted by molar-refractivity contribution is -0.00997. The van der Waals surface area contributed by atoms with E-state index in [2.05, 4.69) is 4.74 Å². The highest BCUT2D eigenvalue weighted by atomic mass is 32.2. The number of ether oxygens (including phenoxy) is 1. The van der Waals surface area contributed by atoms with Crippen molar-refractivity contribution in [2.45, 2.75) is 31.4 Å². The van der Waals surface area contributed by atoms with E-state index < -0.39 is 27.9 Å². The van der Waals surface area contributed by atoms with E-state index in [1.165, 1.54) is 12.1 Å². The van der Waals surface area contributed by atoms with Crippen LogP contribution in [0.1, 0.15) is 42.1 Å². The molecule has 21 heavy (non-hydrogen) atoms. The molecule has 0 aliphatic rings. The van der Waals surface area contributed by atoms with E-state index in [9.17, 15) is 26.5 Å². The summed E-state index contributed by atoms with van der Waals surface area (Å²) in [5.41, 5.74) is 0.975. The third-order valence-corrected chi connectivity index (χ3v) is 3.91. The van der Waals surface area contributed by atoms with Crippen molar-refractivity contribution in [1.29, 1.82) is 0 Å². The standard InChI is InChI=1S/C13H16F2O5S/c1-3-9(2)10-4-6-11(7-5-10)12(16)20-8-13(14,15)21(17,18)19/h4-7,9H,3,8H2,1-2H3,(H,17,18,19)/p-1. The minimum absolute atomic E-state index is 0.00106. The van der Waals surface area contributed by atoms with Crippen molar-refractivity contribution in [2.24, 2.45) is 0 Å². The zero-order valence-corrected chi connectivity index (χ0v) is 12.3. The Bertz CT molecular complexity index is 595. The molecule has 1 unspecified atom stereocenters. The van der Waals surface area contributed by atoms with Gasteiger partial charge in [-0.05, 0) is 30.0 Å². The van der Waals surface area contributed by atoms with E-state index in [1.54, 1.807) is 12.1 Å². The maximum absolute atomic E-state index is 12.8. The van der Waals surface area contributed by atoms with Gasteiger partial charge in [0.1, 0.15) is 0 Å². The van der Waals surface area contributed by atoms with Crippen LogP contribution in [-0.4, -0.2) is 30.8 Å². The molecule has 0 aliphatic carbocycles. The fourth-order valence-electron chi connectivity index (χ4n) is 1.49. The van der Waals surface area contributed by atoms with E-state index in [0.717, 1.165) is 12.0 Å². The number of carbonyl (C=O) groups is 1. The first-order valence-corrected chi connectivity index (χ1v) is 7.59. The Kier molecular flexibility index (Phi) is 5.41. The number of hydrogen-bond donors (Lipinski definition) is 0. The number of benzene rings is 1. The second kappa shape index (κ2) is 6.48. The lowest BCUT2D eigenvalue weighted by Crippen LogP contribution is -2.34. The molecule has 1 aromatic rings. The van der Waals surface area contributed by atoms with Gasteiger partial charge in [-0.25, -0.2) is 13.2 Å². The quantitative estimate of drug-likeness (QED) is 0.594. The van der Waals surface area contributed by atoms with Gasteiger partial charge in [0.15, 0.2) is 16.7 Å². The van der Waals surface area contributed by atoms with Crippen molar-refractivity contribution < 1.29 is 31.3 Å². The first-order chi connectivity index (χ1) is 9.58. The molecule has 1 atom stereocenters. The number of esters is 1. The van der Waals surface area contributed by atoms with Crippen LogP contribution in [0.15, 0.2) is 24.3 Å². The minimum Gasteiger partial charge on any atom is -0.743 e. The predicted octanol–water partition coefficient (Wildman–Crippen LogP) is 2.49. The van der Waals surface area contributed by atoms with Crippen molar-refractivity contribution in [3.63, 3.8) is 0 Å². The van der Waals surface area contributed by atoms with Gasteiger partial charge in [0.25, 0.3) is 0 Å². The zero-order valence-electron chi connectivity index (χ0n) is 11.5. The van der Waals surface area contributed by atoms with Crippen molar-refractivity contribution >= 4 is 16.1 Å². The number of carbonyl (C=O) groups excluding carboxylic acids is 1. The van der Waals surface area contributed by atoms with Crippen LogP contribution < -0.4 is 0 Å². The molecule has 0 amide bonds. The first-order valence-electron chi connectivity index (χ1n) is 6.19. The van der Waals surface area contributed by atoms with Gasteiger partial charge in [-0.2, -0.15) is 8.78 Å². The summed E-state index contributed by atoms with van der Waals surface area (Å²) >= 11 is 0. The van der Waals surface area contributed by atoms with Crippen LogP contribution in [0.25, 0.3) is 0 Å². The first kappa shape index (κ1) is 17.5. The number of alkyl halides is 2. The molecule has 0 N–H and O–H groups in total. The molecule has 0 heterocycles. The summed E-state index contributed by atoms with van der Waals surface area (Å²) in [5.74, 6) is -0.834. The molecule has 0 aliphatic heterocycles. The Morgan fingerprint density at radius 1 is 1.33 bits per heavy atom. The fourth-order valence-corrected chi connectivity index (χ4v) is 1.69. The Hall–Kier alpha value is -1.54. The summed E-state index contributed by atoms with van der Waals surface area (Å²) in [4.78, 5) is 11.5. The van der Waals surface area contributed by atoms with Gasteiger partial charge >= 0.3 is 11.2 Å². The van der Waals surface area contributed by atoms with Crippen LogP contribution in [0, 0.1) is 0 Å². The van der Waals surface area contributed by atoms with Crippen molar-refractivity contribution in [1.82, 2.24) is 0 Å². The SMILES string of the molecule is CCC(C)c1ccc(C(=O)OCC(F)(F)S(=O)(=O)[O-])cc1. The topological polar surface area (TPSA) is 83.5 Å². The highest BCUT2D eigenvalue weighted by molar-refractivity contribution is 7.86. The molecular weight excluding hydrogens is 306 g/mol. The number of halogens is 2. The molecule has 0 spiro atoms. The molecule has 0 saturated carbocycles. The van der Waals surface area contributed by atoms with Crippen molar-refractivity contribution in [3.8, 4) is 0 Å². The zero-order chi connectivity index (χ0) is 16.3.